The summed E-state index contributed by atoms with van der Waals surface area (Å²) in [6.45, 7) is 7.64. The fraction of sp³-hybridized carbons (Fsp3) is 0.500. The Balaban J connectivity index is 2.10. The van der Waals surface area contributed by atoms with E-state index in [1.165, 1.54) is 23.1 Å². The Kier molecular flexibility index (Phi) is 2.44. The first-order chi connectivity index (χ1) is 8.15. The van der Waals surface area contributed by atoms with Crippen molar-refractivity contribution in [2.24, 2.45) is 5.92 Å². The molecule has 0 spiro atoms. The van der Waals surface area contributed by atoms with Gasteiger partial charge in [-0.1, -0.05) is 13.0 Å². The standard InChI is InChI=1S/C14H19N3/c1-8-6-10(3)12-11(7-8)16-14(17-12)13-9(2)4-5-15-13/h6-7,9,13,15H,4-5H2,1-3H3,(H,16,17). The minimum absolute atomic E-state index is 0.391. The summed E-state index contributed by atoms with van der Waals surface area (Å²) in [6, 6.07) is 4.76. The van der Waals surface area contributed by atoms with Crippen LogP contribution >= 0.6 is 0 Å². The molecule has 1 fully saturated rings. The number of nitrogens with one attached hydrogen (secondary N) is 2. The van der Waals surface area contributed by atoms with E-state index in [1.807, 2.05) is 0 Å². The fourth-order valence-electron chi connectivity index (χ4n) is 2.84. The van der Waals surface area contributed by atoms with E-state index in [2.05, 4.69) is 43.2 Å². The van der Waals surface area contributed by atoms with Crippen LogP contribution < -0.4 is 5.32 Å². The molecular formula is C14H19N3. The summed E-state index contributed by atoms with van der Waals surface area (Å²) in [5, 5.41) is 3.52. The van der Waals surface area contributed by atoms with E-state index in [0.29, 0.717) is 12.0 Å². The third kappa shape index (κ3) is 1.75. The number of nitrogens with zero attached hydrogens (tertiary/aromatic N) is 1. The van der Waals surface area contributed by atoms with Gasteiger partial charge in [-0.15, -0.1) is 0 Å². The molecule has 1 aliphatic rings. The summed E-state index contributed by atoms with van der Waals surface area (Å²) in [6.07, 6.45) is 1.24. The zero-order valence-corrected chi connectivity index (χ0v) is 10.7. The summed E-state index contributed by atoms with van der Waals surface area (Å²) in [7, 11) is 0. The third-order valence-electron chi connectivity index (χ3n) is 3.77. The van der Waals surface area contributed by atoms with Crippen LogP contribution in [0.1, 0.15) is 36.3 Å². The van der Waals surface area contributed by atoms with E-state index in [1.54, 1.807) is 0 Å². The van der Waals surface area contributed by atoms with Crippen LogP contribution in [0.15, 0.2) is 12.1 Å². The van der Waals surface area contributed by atoms with Gasteiger partial charge in [-0.3, -0.25) is 0 Å². The Bertz CT molecular complexity index is 556. The summed E-state index contributed by atoms with van der Waals surface area (Å²) in [5.41, 5.74) is 4.83. The second-order valence-electron chi connectivity index (χ2n) is 5.30. The molecule has 2 N–H and O–H groups in total. The lowest BCUT2D eigenvalue weighted by molar-refractivity contribution is 0.484. The lowest BCUT2D eigenvalue weighted by Crippen LogP contribution is -2.17. The first-order valence-corrected chi connectivity index (χ1v) is 6.35. The maximum atomic E-state index is 4.77. The molecule has 0 radical (unpaired) electrons. The molecular weight excluding hydrogens is 210 g/mol. The topological polar surface area (TPSA) is 40.7 Å². The van der Waals surface area contributed by atoms with E-state index in [9.17, 15) is 0 Å². The molecule has 2 unspecified atom stereocenters. The molecule has 0 saturated carbocycles. The van der Waals surface area contributed by atoms with Gasteiger partial charge in [-0.05, 0) is 49.9 Å². The number of hydrogen-bond donors (Lipinski definition) is 2. The highest BCUT2D eigenvalue weighted by molar-refractivity contribution is 5.79. The largest absolute Gasteiger partial charge is 0.341 e. The van der Waals surface area contributed by atoms with Gasteiger partial charge in [0.05, 0.1) is 17.1 Å². The average molecular weight is 229 g/mol. The molecule has 3 heteroatoms. The average Bonchev–Trinajstić information content (AvgIpc) is 2.83. The molecule has 1 aliphatic heterocycles. The van der Waals surface area contributed by atoms with Crippen LogP contribution in [0.5, 0.6) is 0 Å². The van der Waals surface area contributed by atoms with Crippen molar-refractivity contribution in [3.8, 4) is 0 Å². The number of imidazole rings is 1. The fourth-order valence-corrected chi connectivity index (χ4v) is 2.84. The van der Waals surface area contributed by atoms with E-state index in [4.69, 9.17) is 4.98 Å². The highest BCUT2D eigenvalue weighted by atomic mass is 15.0. The highest BCUT2D eigenvalue weighted by Gasteiger charge is 2.27. The van der Waals surface area contributed by atoms with Gasteiger partial charge in [0.1, 0.15) is 5.82 Å². The Morgan fingerprint density at radius 2 is 2.12 bits per heavy atom. The second kappa shape index (κ2) is 3.84. The summed E-state index contributed by atoms with van der Waals surface area (Å²) in [5.74, 6) is 1.76. The quantitative estimate of drug-likeness (QED) is 0.789. The van der Waals surface area contributed by atoms with Crippen LogP contribution in [-0.4, -0.2) is 16.5 Å². The van der Waals surface area contributed by atoms with Crippen LogP contribution in [0.2, 0.25) is 0 Å². The number of aromatic amines is 1. The number of benzene rings is 1. The van der Waals surface area contributed by atoms with Gasteiger partial charge >= 0.3 is 0 Å². The molecule has 2 heterocycles. The maximum absolute atomic E-state index is 4.77. The SMILES string of the molecule is Cc1cc(C)c2nc(C3NCCC3C)[nH]c2c1. The Labute approximate surface area is 102 Å². The number of hydrogen-bond acceptors (Lipinski definition) is 2. The lowest BCUT2D eigenvalue weighted by atomic mass is 10.0. The Hall–Kier alpha value is -1.35. The van der Waals surface area contributed by atoms with E-state index < -0.39 is 0 Å². The summed E-state index contributed by atoms with van der Waals surface area (Å²) < 4.78 is 0. The molecule has 3 nitrogen and oxygen atoms in total. The van der Waals surface area contributed by atoms with Crippen molar-refractivity contribution in [3.63, 3.8) is 0 Å². The number of aromatic nitrogens is 2. The van der Waals surface area contributed by atoms with Gasteiger partial charge in [-0.2, -0.15) is 0 Å². The second-order valence-corrected chi connectivity index (χ2v) is 5.30. The van der Waals surface area contributed by atoms with Crippen molar-refractivity contribution < 1.29 is 0 Å². The van der Waals surface area contributed by atoms with Gasteiger partial charge in [0.2, 0.25) is 0 Å². The molecule has 1 saturated heterocycles. The highest BCUT2D eigenvalue weighted by Crippen LogP contribution is 2.29. The Morgan fingerprint density at radius 1 is 1.29 bits per heavy atom. The van der Waals surface area contributed by atoms with E-state index in [-0.39, 0.29) is 0 Å². The predicted molar refractivity (Wildman–Crippen MR) is 70.1 cm³/mol. The smallest absolute Gasteiger partial charge is 0.124 e. The lowest BCUT2D eigenvalue weighted by Gasteiger charge is -2.11. The van der Waals surface area contributed by atoms with Gasteiger partial charge in [-0.25, -0.2) is 4.98 Å². The van der Waals surface area contributed by atoms with Crippen LogP contribution in [0, 0.1) is 19.8 Å². The van der Waals surface area contributed by atoms with Crippen LogP contribution in [0.4, 0.5) is 0 Å². The molecule has 17 heavy (non-hydrogen) atoms. The summed E-state index contributed by atoms with van der Waals surface area (Å²) >= 11 is 0. The predicted octanol–water partition coefficient (Wildman–Crippen LogP) is 2.85. The van der Waals surface area contributed by atoms with Crippen LogP contribution in [0.25, 0.3) is 11.0 Å². The zero-order valence-electron chi connectivity index (χ0n) is 10.7. The molecule has 3 rings (SSSR count). The number of rotatable bonds is 1. The van der Waals surface area contributed by atoms with Gasteiger partial charge < -0.3 is 10.3 Å². The zero-order chi connectivity index (χ0) is 12.0. The normalized spacial score (nSPS) is 24.6. The van der Waals surface area contributed by atoms with Gasteiger partial charge in [0, 0.05) is 0 Å². The summed E-state index contributed by atoms with van der Waals surface area (Å²) in [4.78, 5) is 8.24. The van der Waals surface area contributed by atoms with Gasteiger partial charge in [0.25, 0.3) is 0 Å². The Morgan fingerprint density at radius 3 is 2.82 bits per heavy atom. The minimum Gasteiger partial charge on any atom is -0.341 e. The first-order valence-electron chi connectivity index (χ1n) is 6.35. The van der Waals surface area contributed by atoms with Gasteiger partial charge in [0.15, 0.2) is 0 Å². The number of fused-ring (bicyclic) bond motifs is 1. The number of aryl methyl sites for hydroxylation is 2. The monoisotopic (exact) mass is 229 g/mol. The molecule has 0 amide bonds. The van der Waals surface area contributed by atoms with Crippen molar-refractivity contribution in [1.82, 2.24) is 15.3 Å². The molecule has 1 aromatic carbocycles. The van der Waals surface area contributed by atoms with Crippen molar-refractivity contribution in [1.29, 1.82) is 0 Å². The van der Waals surface area contributed by atoms with Crippen LogP contribution in [-0.2, 0) is 0 Å². The molecule has 90 valence electrons. The molecule has 2 aromatic rings. The first kappa shape index (κ1) is 10.8. The van der Waals surface area contributed by atoms with Crippen LogP contribution in [0.3, 0.4) is 0 Å². The third-order valence-corrected chi connectivity index (χ3v) is 3.77. The van der Waals surface area contributed by atoms with Crippen molar-refractivity contribution in [2.45, 2.75) is 33.2 Å². The molecule has 1 aromatic heterocycles. The molecule has 2 atom stereocenters. The molecule has 0 bridgehead atoms. The maximum Gasteiger partial charge on any atom is 0.124 e. The molecule has 0 aliphatic carbocycles. The minimum atomic E-state index is 0.391. The van der Waals surface area contributed by atoms with E-state index >= 15 is 0 Å². The van der Waals surface area contributed by atoms with Crippen molar-refractivity contribution in [3.05, 3.63) is 29.1 Å². The van der Waals surface area contributed by atoms with Crippen molar-refractivity contribution in [2.75, 3.05) is 6.54 Å². The van der Waals surface area contributed by atoms with E-state index in [0.717, 1.165) is 17.9 Å². The number of H-pyrrole nitrogens is 1. The van der Waals surface area contributed by atoms with Crippen molar-refractivity contribution >= 4 is 11.0 Å².